The lowest BCUT2D eigenvalue weighted by Gasteiger charge is -2.19. The van der Waals surface area contributed by atoms with Crippen LogP contribution < -0.4 is 5.73 Å². The minimum atomic E-state index is 0.585. The Balaban J connectivity index is 1.71. The van der Waals surface area contributed by atoms with Crippen LogP contribution >= 0.6 is 0 Å². The fourth-order valence-corrected chi connectivity index (χ4v) is 2.98. The molecule has 2 N–H and O–H groups in total. The molecule has 2 heterocycles. The lowest BCUT2D eigenvalue weighted by molar-refractivity contribution is 0.266. The van der Waals surface area contributed by atoms with Crippen LogP contribution in [0.3, 0.4) is 0 Å². The minimum absolute atomic E-state index is 0.585. The molecular formula is C16H22N2O. The van der Waals surface area contributed by atoms with E-state index in [1.165, 1.54) is 24.8 Å². The highest BCUT2D eigenvalue weighted by Crippen LogP contribution is 2.22. The first-order chi connectivity index (χ1) is 9.26. The van der Waals surface area contributed by atoms with E-state index in [9.17, 15) is 0 Å². The molecule has 3 heteroatoms. The van der Waals surface area contributed by atoms with E-state index in [2.05, 4.69) is 24.0 Å². The van der Waals surface area contributed by atoms with Gasteiger partial charge in [-0.25, -0.2) is 0 Å². The van der Waals surface area contributed by atoms with E-state index in [1.807, 2.05) is 12.1 Å². The predicted molar refractivity (Wildman–Crippen MR) is 78.1 cm³/mol. The third-order valence-corrected chi connectivity index (χ3v) is 4.20. The first-order valence-electron chi connectivity index (χ1n) is 7.22. The van der Waals surface area contributed by atoms with Crippen LogP contribution in [0.2, 0.25) is 0 Å². The molecule has 0 aliphatic carbocycles. The zero-order valence-corrected chi connectivity index (χ0v) is 11.6. The van der Waals surface area contributed by atoms with Crippen molar-refractivity contribution in [2.75, 3.05) is 13.1 Å². The highest BCUT2D eigenvalue weighted by molar-refractivity contribution is 5.78. The fraction of sp³-hybridized carbons (Fsp3) is 0.500. The van der Waals surface area contributed by atoms with Gasteiger partial charge in [-0.05, 0) is 50.1 Å². The van der Waals surface area contributed by atoms with Gasteiger partial charge in [-0.15, -0.1) is 0 Å². The van der Waals surface area contributed by atoms with E-state index in [0.717, 1.165) is 35.9 Å². The van der Waals surface area contributed by atoms with E-state index in [4.69, 9.17) is 10.2 Å². The highest BCUT2D eigenvalue weighted by Gasteiger charge is 2.19. The van der Waals surface area contributed by atoms with Gasteiger partial charge in [-0.2, -0.15) is 0 Å². The number of likely N-dealkylation sites (tertiary alicyclic amines) is 1. The summed E-state index contributed by atoms with van der Waals surface area (Å²) in [5, 5.41) is 1.17. The molecule has 1 aromatic carbocycles. The average Bonchev–Trinajstić information content (AvgIpc) is 3.01. The van der Waals surface area contributed by atoms with Crippen LogP contribution in [-0.2, 0) is 13.0 Å². The normalized spacial score (nSPS) is 20.4. The maximum absolute atomic E-state index is 5.90. The van der Waals surface area contributed by atoms with E-state index in [0.29, 0.717) is 6.54 Å². The Labute approximate surface area is 114 Å². The molecule has 1 aromatic heterocycles. The standard InChI is InChI=1S/C16H22N2O/c1-12-3-2-7-18(12)8-6-15-10-14-9-13(11-17)4-5-16(14)19-15/h4-5,9-10,12H,2-3,6-8,11,17H2,1H3/t12-/m1/s1. The van der Waals surface area contributed by atoms with Crippen molar-refractivity contribution in [2.45, 2.75) is 38.8 Å². The van der Waals surface area contributed by atoms with E-state index in [-0.39, 0.29) is 0 Å². The Bertz CT molecular complexity index is 561. The fourth-order valence-electron chi connectivity index (χ4n) is 2.98. The molecule has 0 bridgehead atoms. The average molecular weight is 258 g/mol. The van der Waals surface area contributed by atoms with Gasteiger partial charge in [0.05, 0.1) is 0 Å². The zero-order valence-electron chi connectivity index (χ0n) is 11.6. The molecule has 3 rings (SSSR count). The Kier molecular flexibility index (Phi) is 3.58. The molecule has 102 valence electrons. The van der Waals surface area contributed by atoms with Crippen LogP contribution in [0.4, 0.5) is 0 Å². The molecule has 2 aromatic rings. The SMILES string of the molecule is C[C@@H]1CCCN1CCc1cc2cc(CN)ccc2o1. The third-order valence-electron chi connectivity index (χ3n) is 4.20. The summed E-state index contributed by atoms with van der Waals surface area (Å²) in [6.45, 7) is 5.24. The summed E-state index contributed by atoms with van der Waals surface area (Å²) in [7, 11) is 0. The summed E-state index contributed by atoms with van der Waals surface area (Å²) in [5.74, 6) is 1.09. The van der Waals surface area contributed by atoms with Gasteiger partial charge in [0.2, 0.25) is 0 Å². The lowest BCUT2D eigenvalue weighted by atomic mass is 10.1. The molecule has 1 aliphatic heterocycles. The van der Waals surface area contributed by atoms with E-state index < -0.39 is 0 Å². The van der Waals surface area contributed by atoms with E-state index in [1.54, 1.807) is 0 Å². The molecule has 0 spiro atoms. The highest BCUT2D eigenvalue weighted by atomic mass is 16.3. The van der Waals surface area contributed by atoms with Gasteiger partial charge in [-0.3, -0.25) is 0 Å². The van der Waals surface area contributed by atoms with Crippen molar-refractivity contribution in [1.82, 2.24) is 4.90 Å². The molecule has 1 saturated heterocycles. The Morgan fingerprint density at radius 2 is 2.26 bits per heavy atom. The van der Waals surface area contributed by atoms with Crippen LogP contribution in [0.15, 0.2) is 28.7 Å². The molecule has 0 amide bonds. The monoisotopic (exact) mass is 258 g/mol. The minimum Gasteiger partial charge on any atom is -0.461 e. The van der Waals surface area contributed by atoms with Crippen molar-refractivity contribution in [3.05, 3.63) is 35.6 Å². The van der Waals surface area contributed by atoms with Crippen molar-refractivity contribution < 1.29 is 4.42 Å². The summed E-state index contributed by atoms with van der Waals surface area (Å²) in [6, 6.07) is 9.08. The van der Waals surface area contributed by atoms with Crippen molar-refractivity contribution in [3.63, 3.8) is 0 Å². The molecule has 0 unspecified atom stereocenters. The van der Waals surface area contributed by atoms with Crippen LogP contribution in [-0.4, -0.2) is 24.0 Å². The van der Waals surface area contributed by atoms with Crippen LogP contribution in [0.25, 0.3) is 11.0 Å². The molecule has 0 radical (unpaired) electrons. The number of benzene rings is 1. The van der Waals surface area contributed by atoms with Gasteiger partial charge in [0.25, 0.3) is 0 Å². The lowest BCUT2D eigenvalue weighted by Crippen LogP contribution is -2.28. The number of nitrogens with zero attached hydrogens (tertiary/aromatic N) is 1. The van der Waals surface area contributed by atoms with E-state index >= 15 is 0 Å². The molecule has 1 aliphatic rings. The summed E-state index contributed by atoms with van der Waals surface area (Å²) in [6.07, 6.45) is 3.66. The van der Waals surface area contributed by atoms with Gasteiger partial charge in [0.1, 0.15) is 11.3 Å². The largest absolute Gasteiger partial charge is 0.461 e. The zero-order chi connectivity index (χ0) is 13.2. The second-order valence-corrected chi connectivity index (χ2v) is 5.57. The van der Waals surface area contributed by atoms with Gasteiger partial charge < -0.3 is 15.1 Å². The van der Waals surface area contributed by atoms with Crippen LogP contribution in [0.1, 0.15) is 31.1 Å². The Morgan fingerprint density at radius 1 is 1.37 bits per heavy atom. The second-order valence-electron chi connectivity index (χ2n) is 5.57. The second kappa shape index (κ2) is 5.35. The van der Waals surface area contributed by atoms with Crippen LogP contribution in [0.5, 0.6) is 0 Å². The van der Waals surface area contributed by atoms with Crippen LogP contribution in [0, 0.1) is 0 Å². The van der Waals surface area contributed by atoms with Crippen molar-refractivity contribution in [3.8, 4) is 0 Å². The quantitative estimate of drug-likeness (QED) is 0.917. The number of hydrogen-bond donors (Lipinski definition) is 1. The molecule has 3 nitrogen and oxygen atoms in total. The van der Waals surface area contributed by atoms with Gasteiger partial charge in [-0.1, -0.05) is 6.07 Å². The molecule has 1 atom stereocenters. The maximum Gasteiger partial charge on any atom is 0.134 e. The predicted octanol–water partition coefficient (Wildman–Crippen LogP) is 2.92. The van der Waals surface area contributed by atoms with Crippen molar-refractivity contribution in [2.24, 2.45) is 5.73 Å². The number of furan rings is 1. The number of hydrogen-bond acceptors (Lipinski definition) is 3. The van der Waals surface area contributed by atoms with Gasteiger partial charge in [0.15, 0.2) is 0 Å². The topological polar surface area (TPSA) is 42.4 Å². The first-order valence-corrected chi connectivity index (χ1v) is 7.22. The number of fused-ring (bicyclic) bond motifs is 1. The first kappa shape index (κ1) is 12.7. The Morgan fingerprint density at radius 3 is 3.00 bits per heavy atom. The summed E-state index contributed by atoms with van der Waals surface area (Å²) in [4.78, 5) is 2.55. The molecule has 19 heavy (non-hydrogen) atoms. The molecule has 1 fully saturated rings. The van der Waals surface area contributed by atoms with Crippen molar-refractivity contribution in [1.29, 1.82) is 0 Å². The summed E-state index contributed by atoms with van der Waals surface area (Å²) >= 11 is 0. The third kappa shape index (κ3) is 2.67. The molecular weight excluding hydrogens is 236 g/mol. The Hall–Kier alpha value is -1.32. The number of nitrogens with two attached hydrogens (primary N) is 1. The molecule has 0 saturated carbocycles. The summed E-state index contributed by atoms with van der Waals surface area (Å²) < 4.78 is 5.90. The summed E-state index contributed by atoms with van der Waals surface area (Å²) in [5.41, 5.74) is 7.80. The number of rotatable bonds is 4. The maximum atomic E-state index is 5.90. The smallest absolute Gasteiger partial charge is 0.134 e. The van der Waals surface area contributed by atoms with Crippen molar-refractivity contribution >= 4 is 11.0 Å². The van der Waals surface area contributed by atoms with Gasteiger partial charge in [0, 0.05) is 30.9 Å². The van der Waals surface area contributed by atoms with Gasteiger partial charge >= 0.3 is 0 Å².